The Morgan fingerprint density at radius 3 is 2.38 bits per heavy atom. The van der Waals surface area contributed by atoms with Crippen molar-refractivity contribution >= 4 is 29.4 Å². The Morgan fingerprint density at radius 1 is 1.05 bits per heavy atom. The first-order chi connectivity index (χ1) is 10.1. The summed E-state index contributed by atoms with van der Waals surface area (Å²) in [5, 5.41) is 13.7. The second kappa shape index (κ2) is 5.42. The molecule has 104 valence electrons. The molecule has 5 heteroatoms. The van der Waals surface area contributed by atoms with Crippen molar-refractivity contribution in [2.24, 2.45) is 5.16 Å². The van der Waals surface area contributed by atoms with Crippen LogP contribution in [0, 0.1) is 0 Å². The van der Waals surface area contributed by atoms with Crippen LogP contribution >= 0.6 is 11.6 Å². The number of oxime groups is 1. The highest BCUT2D eigenvalue weighted by atomic mass is 35.5. The van der Waals surface area contributed by atoms with Crippen molar-refractivity contribution in [2.75, 3.05) is 0 Å². The highest BCUT2D eigenvalue weighted by Gasteiger charge is 2.26. The average molecular weight is 300 g/mol. The van der Waals surface area contributed by atoms with E-state index < -0.39 is 5.97 Å². The van der Waals surface area contributed by atoms with Crippen molar-refractivity contribution in [3.8, 4) is 5.75 Å². The van der Waals surface area contributed by atoms with Crippen LogP contribution in [0.4, 0.5) is 0 Å². The Morgan fingerprint density at radius 2 is 1.71 bits per heavy atom. The molecule has 1 aliphatic heterocycles. The van der Waals surface area contributed by atoms with Gasteiger partial charge in [-0.25, -0.2) is 4.79 Å². The number of hydrogen-bond acceptors (Lipinski definition) is 4. The maximum Gasteiger partial charge on any atom is 0.368 e. The van der Waals surface area contributed by atoms with Gasteiger partial charge in [0.25, 0.3) is 0 Å². The quantitative estimate of drug-likeness (QED) is 0.683. The number of aromatic hydroxyl groups is 1. The van der Waals surface area contributed by atoms with Gasteiger partial charge in [0.1, 0.15) is 11.5 Å². The van der Waals surface area contributed by atoms with Gasteiger partial charge in [-0.1, -0.05) is 41.0 Å². The van der Waals surface area contributed by atoms with Crippen LogP contribution in [0.1, 0.15) is 11.1 Å². The number of benzene rings is 2. The molecule has 0 atom stereocenters. The number of carbonyl (C=O) groups excluding carboxylic acids is 1. The standard InChI is InChI=1S/C16H10ClNO3/c17-12-5-3-11(4-6-12)15-14(16(20)21-18-15)9-10-1-7-13(19)8-2-10/h1-9,19H. The lowest BCUT2D eigenvalue weighted by molar-refractivity contribution is -0.136. The highest BCUT2D eigenvalue weighted by molar-refractivity contribution is 6.32. The molecule has 0 saturated carbocycles. The van der Waals surface area contributed by atoms with E-state index in [0.717, 1.165) is 11.1 Å². The van der Waals surface area contributed by atoms with Crippen LogP contribution in [0.3, 0.4) is 0 Å². The minimum Gasteiger partial charge on any atom is -0.508 e. The summed E-state index contributed by atoms with van der Waals surface area (Å²) in [5.74, 6) is -0.342. The van der Waals surface area contributed by atoms with Crippen molar-refractivity contribution in [2.45, 2.75) is 0 Å². The van der Waals surface area contributed by atoms with E-state index in [1.54, 1.807) is 54.6 Å². The number of rotatable bonds is 2. The van der Waals surface area contributed by atoms with Crippen molar-refractivity contribution in [1.82, 2.24) is 0 Å². The van der Waals surface area contributed by atoms with Crippen LogP contribution in [0.15, 0.2) is 59.3 Å². The van der Waals surface area contributed by atoms with E-state index >= 15 is 0 Å². The summed E-state index contributed by atoms with van der Waals surface area (Å²) in [6.07, 6.45) is 1.67. The topological polar surface area (TPSA) is 58.9 Å². The molecule has 0 unspecified atom stereocenters. The molecule has 0 spiro atoms. The Bertz CT molecular complexity index is 746. The molecule has 0 radical (unpaired) electrons. The zero-order valence-electron chi connectivity index (χ0n) is 10.8. The highest BCUT2D eigenvalue weighted by Crippen LogP contribution is 2.22. The molecule has 1 aliphatic rings. The third-order valence-electron chi connectivity index (χ3n) is 3.02. The van der Waals surface area contributed by atoms with Gasteiger partial charge in [0.2, 0.25) is 0 Å². The van der Waals surface area contributed by atoms with Gasteiger partial charge >= 0.3 is 5.97 Å². The van der Waals surface area contributed by atoms with Crippen molar-refractivity contribution in [1.29, 1.82) is 0 Å². The van der Waals surface area contributed by atoms with Crippen LogP contribution < -0.4 is 0 Å². The SMILES string of the molecule is O=C1ON=C(c2ccc(Cl)cc2)C1=Cc1ccc(O)cc1. The predicted molar refractivity (Wildman–Crippen MR) is 80.2 cm³/mol. The van der Waals surface area contributed by atoms with Gasteiger partial charge in [0, 0.05) is 10.6 Å². The number of hydrogen-bond donors (Lipinski definition) is 1. The Hall–Kier alpha value is -2.59. The summed E-state index contributed by atoms with van der Waals surface area (Å²) in [5.41, 5.74) is 2.34. The van der Waals surface area contributed by atoms with E-state index in [2.05, 4.69) is 5.16 Å². The minimum atomic E-state index is -0.506. The van der Waals surface area contributed by atoms with Crippen LogP contribution in [-0.2, 0) is 9.63 Å². The smallest absolute Gasteiger partial charge is 0.368 e. The molecule has 0 aromatic heterocycles. The van der Waals surface area contributed by atoms with Gasteiger partial charge in [0.05, 0.1) is 5.57 Å². The largest absolute Gasteiger partial charge is 0.508 e. The van der Waals surface area contributed by atoms with Gasteiger partial charge < -0.3 is 9.94 Å². The first-order valence-corrected chi connectivity index (χ1v) is 6.58. The molecule has 3 rings (SSSR count). The molecule has 4 nitrogen and oxygen atoms in total. The molecular formula is C16H10ClNO3. The lowest BCUT2D eigenvalue weighted by Crippen LogP contribution is -2.06. The molecule has 1 N–H and O–H groups in total. The predicted octanol–water partition coefficient (Wildman–Crippen LogP) is 3.39. The number of phenolic OH excluding ortho intramolecular Hbond substituents is 1. The zero-order valence-corrected chi connectivity index (χ0v) is 11.5. The maximum atomic E-state index is 11.8. The van der Waals surface area contributed by atoms with Crippen LogP contribution in [0.25, 0.3) is 6.08 Å². The van der Waals surface area contributed by atoms with Crippen molar-refractivity contribution in [3.63, 3.8) is 0 Å². The van der Waals surface area contributed by atoms with Gasteiger partial charge in [-0.2, -0.15) is 0 Å². The van der Waals surface area contributed by atoms with Crippen molar-refractivity contribution in [3.05, 3.63) is 70.3 Å². The summed E-state index contributed by atoms with van der Waals surface area (Å²) < 4.78 is 0. The third-order valence-corrected chi connectivity index (χ3v) is 3.27. The molecule has 21 heavy (non-hydrogen) atoms. The molecule has 0 aliphatic carbocycles. The summed E-state index contributed by atoms with van der Waals surface area (Å²) in [4.78, 5) is 16.6. The lowest BCUT2D eigenvalue weighted by atomic mass is 10.0. The second-order valence-corrected chi connectivity index (χ2v) is 4.91. The van der Waals surface area contributed by atoms with Crippen molar-refractivity contribution < 1.29 is 14.7 Å². The molecular weight excluding hydrogens is 290 g/mol. The van der Waals surface area contributed by atoms with Gasteiger partial charge in [-0.3, -0.25) is 0 Å². The number of nitrogens with zero attached hydrogens (tertiary/aromatic N) is 1. The fourth-order valence-electron chi connectivity index (χ4n) is 1.96. The van der Waals surface area contributed by atoms with Crippen LogP contribution in [0.2, 0.25) is 5.02 Å². The first kappa shape index (κ1) is 13.4. The van der Waals surface area contributed by atoms with E-state index in [9.17, 15) is 9.90 Å². The number of phenols is 1. The normalized spacial score (nSPS) is 16.0. The summed E-state index contributed by atoms with van der Waals surface area (Å²) in [6.45, 7) is 0. The first-order valence-electron chi connectivity index (χ1n) is 6.20. The zero-order chi connectivity index (χ0) is 14.8. The summed E-state index contributed by atoms with van der Waals surface area (Å²) in [6, 6.07) is 13.5. The van der Waals surface area contributed by atoms with Crippen LogP contribution in [-0.4, -0.2) is 16.8 Å². The van der Waals surface area contributed by atoms with E-state index in [4.69, 9.17) is 16.4 Å². The minimum absolute atomic E-state index is 0.165. The summed E-state index contributed by atoms with van der Waals surface area (Å²) >= 11 is 5.85. The molecule has 0 fully saturated rings. The van der Waals surface area contributed by atoms with E-state index in [-0.39, 0.29) is 5.75 Å². The monoisotopic (exact) mass is 299 g/mol. The number of carbonyl (C=O) groups is 1. The summed E-state index contributed by atoms with van der Waals surface area (Å²) in [7, 11) is 0. The molecule has 1 heterocycles. The van der Waals surface area contributed by atoms with E-state index in [0.29, 0.717) is 16.3 Å². The van der Waals surface area contributed by atoms with Gasteiger partial charge in [-0.15, -0.1) is 0 Å². The fraction of sp³-hybridized carbons (Fsp3) is 0. The molecule has 0 saturated heterocycles. The molecule has 0 bridgehead atoms. The van der Waals surface area contributed by atoms with Gasteiger partial charge in [0.15, 0.2) is 0 Å². The van der Waals surface area contributed by atoms with Gasteiger partial charge in [-0.05, 0) is 35.9 Å². The maximum absolute atomic E-state index is 11.8. The molecule has 2 aromatic rings. The molecule has 2 aromatic carbocycles. The Labute approximate surface area is 125 Å². The van der Waals surface area contributed by atoms with E-state index in [1.807, 2.05) is 0 Å². The second-order valence-electron chi connectivity index (χ2n) is 4.48. The fourth-order valence-corrected chi connectivity index (χ4v) is 2.09. The molecule has 0 amide bonds. The number of halogens is 1. The average Bonchev–Trinajstić information content (AvgIpc) is 2.84. The van der Waals surface area contributed by atoms with E-state index in [1.165, 1.54) is 0 Å². The van der Waals surface area contributed by atoms with Crippen LogP contribution in [0.5, 0.6) is 5.75 Å². The third kappa shape index (κ3) is 2.80. The lowest BCUT2D eigenvalue weighted by Gasteiger charge is -2.01. The Kier molecular flexibility index (Phi) is 3.46. The Balaban J connectivity index is 1.99.